The molecule has 1 aromatic rings. The summed E-state index contributed by atoms with van der Waals surface area (Å²) in [5.74, 6) is -1.15. The highest BCUT2D eigenvalue weighted by Crippen LogP contribution is 2.23. The summed E-state index contributed by atoms with van der Waals surface area (Å²) in [4.78, 5) is 23.4. The zero-order valence-electron chi connectivity index (χ0n) is 9.83. The van der Waals surface area contributed by atoms with Crippen molar-refractivity contribution in [1.82, 2.24) is 4.90 Å². The molecule has 2 rings (SSSR count). The van der Waals surface area contributed by atoms with Crippen LogP contribution in [0.5, 0.6) is 0 Å². The topological polar surface area (TPSA) is 83.7 Å². The highest BCUT2D eigenvalue weighted by molar-refractivity contribution is 5.88. The van der Waals surface area contributed by atoms with Crippen molar-refractivity contribution < 1.29 is 14.8 Å². The number of carboxylic acid groups (broad SMARTS) is 1. The standard InChI is InChI=1S/C12H14N2O4/c15-12(16)9-3-4-10(11(7-9)14(17)18)8-13-5-1-2-6-13/h3-4,7H,1-2,5-6,8H2,(H,15,16). The normalized spacial score (nSPS) is 15.8. The predicted octanol–water partition coefficient (Wildman–Crippen LogP) is 1.89. The molecule has 1 heterocycles. The Balaban J connectivity index is 2.28. The Kier molecular flexibility index (Phi) is 3.57. The van der Waals surface area contributed by atoms with Crippen molar-refractivity contribution in [2.75, 3.05) is 13.1 Å². The minimum absolute atomic E-state index is 0.0492. The molecule has 18 heavy (non-hydrogen) atoms. The third-order valence-corrected chi connectivity index (χ3v) is 3.12. The van der Waals surface area contributed by atoms with Crippen LogP contribution >= 0.6 is 0 Å². The smallest absolute Gasteiger partial charge is 0.335 e. The summed E-state index contributed by atoms with van der Waals surface area (Å²) < 4.78 is 0. The lowest BCUT2D eigenvalue weighted by Gasteiger charge is -2.14. The van der Waals surface area contributed by atoms with Crippen molar-refractivity contribution in [3.63, 3.8) is 0 Å². The first-order chi connectivity index (χ1) is 8.58. The molecule has 1 aliphatic rings. The Labute approximate surface area is 104 Å². The second kappa shape index (κ2) is 5.14. The Hall–Kier alpha value is -1.95. The Morgan fingerprint density at radius 1 is 1.39 bits per heavy atom. The maximum atomic E-state index is 11.0. The van der Waals surface area contributed by atoms with Crippen LogP contribution < -0.4 is 0 Å². The number of hydrogen-bond donors (Lipinski definition) is 1. The number of hydrogen-bond acceptors (Lipinski definition) is 4. The van der Waals surface area contributed by atoms with Gasteiger partial charge in [-0.2, -0.15) is 0 Å². The molecule has 0 bridgehead atoms. The van der Waals surface area contributed by atoms with Gasteiger partial charge in [0.1, 0.15) is 0 Å². The third-order valence-electron chi connectivity index (χ3n) is 3.12. The van der Waals surface area contributed by atoms with E-state index in [0.717, 1.165) is 32.0 Å². The number of rotatable bonds is 4. The lowest BCUT2D eigenvalue weighted by Crippen LogP contribution is -2.19. The van der Waals surface area contributed by atoms with Crippen molar-refractivity contribution in [1.29, 1.82) is 0 Å². The Morgan fingerprint density at radius 3 is 2.61 bits per heavy atom. The fourth-order valence-corrected chi connectivity index (χ4v) is 2.18. The van der Waals surface area contributed by atoms with E-state index in [1.165, 1.54) is 6.07 Å². The number of nitro benzene ring substituents is 1. The average Bonchev–Trinajstić information content (AvgIpc) is 2.81. The first-order valence-corrected chi connectivity index (χ1v) is 5.81. The van der Waals surface area contributed by atoms with E-state index in [1.807, 2.05) is 0 Å². The van der Waals surface area contributed by atoms with Crippen molar-refractivity contribution in [2.24, 2.45) is 0 Å². The van der Waals surface area contributed by atoms with E-state index in [0.29, 0.717) is 12.1 Å². The molecule has 0 amide bonds. The molecule has 0 spiro atoms. The minimum atomic E-state index is -1.15. The van der Waals surface area contributed by atoms with E-state index in [1.54, 1.807) is 6.07 Å². The van der Waals surface area contributed by atoms with Gasteiger partial charge in [0.25, 0.3) is 5.69 Å². The summed E-state index contributed by atoms with van der Waals surface area (Å²) in [6.45, 7) is 2.39. The molecule has 0 unspecified atom stereocenters. The number of likely N-dealkylation sites (tertiary alicyclic amines) is 1. The summed E-state index contributed by atoms with van der Waals surface area (Å²) in [6.07, 6.45) is 2.22. The van der Waals surface area contributed by atoms with Crippen LogP contribution in [0.3, 0.4) is 0 Å². The molecule has 0 aromatic heterocycles. The largest absolute Gasteiger partial charge is 0.478 e. The molecule has 1 saturated heterocycles. The molecule has 6 heteroatoms. The summed E-state index contributed by atoms with van der Waals surface area (Å²) in [5, 5.41) is 19.8. The van der Waals surface area contributed by atoms with Gasteiger partial charge in [-0.15, -0.1) is 0 Å². The van der Waals surface area contributed by atoms with E-state index in [9.17, 15) is 14.9 Å². The zero-order valence-corrected chi connectivity index (χ0v) is 9.83. The lowest BCUT2D eigenvalue weighted by molar-refractivity contribution is -0.385. The van der Waals surface area contributed by atoms with Gasteiger partial charge in [0.05, 0.1) is 10.5 Å². The summed E-state index contributed by atoms with van der Waals surface area (Å²) in [7, 11) is 0. The molecule has 6 nitrogen and oxygen atoms in total. The first-order valence-electron chi connectivity index (χ1n) is 5.81. The van der Waals surface area contributed by atoms with E-state index in [4.69, 9.17) is 5.11 Å². The summed E-state index contributed by atoms with van der Waals surface area (Å²) in [6, 6.07) is 4.09. The molecule has 96 valence electrons. The SMILES string of the molecule is O=C(O)c1ccc(CN2CCCC2)c([N+](=O)[O-])c1. The average molecular weight is 250 g/mol. The monoisotopic (exact) mass is 250 g/mol. The van der Waals surface area contributed by atoms with E-state index >= 15 is 0 Å². The lowest BCUT2D eigenvalue weighted by atomic mass is 10.1. The number of nitro groups is 1. The van der Waals surface area contributed by atoms with Crippen molar-refractivity contribution in [2.45, 2.75) is 19.4 Å². The van der Waals surface area contributed by atoms with Gasteiger partial charge < -0.3 is 5.11 Å². The highest BCUT2D eigenvalue weighted by atomic mass is 16.6. The Morgan fingerprint density at radius 2 is 2.06 bits per heavy atom. The number of nitrogens with zero attached hydrogens (tertiary/aromatic N) is 2. The van der Waals surface area contributed by atoms with Gasteiger partial charge in [0, 0.05) is 18.2 Å². The van der Waals surface area contributed by atoms with Crippen LogP contribution in [0.4, 0.5) is 5.69 Å². The maximum Gasteiger partial charge on any atom is 0.335 e. The second-order valence-electron chi connectivity index (χ2n) is 4.39. The molecule has 1 aromatic carbocycles. The van der Waals surface area contributed by atoms with Crippen LogP contribution in [0.25, 0.3) is 0 Å². The van der Waals surface area contributed by atoms with Gasteiger partial charge in [-0.05, 0) is 32.0 Å². The van der Waals surface area contributed by atoms with Crippen molar-refractivity contribution >= 4 is 11.7 Å². The number of aromatic carboxylic acids is 1. The van der Waals surface area contributed by atoms with Gasteiger partial charge in [-0.3, -0.25) is 15.0 Å². The summed E-state index contributed by atoms with van der Waals surface area (Å²) in [5.41, 5.74) is 0.417. The van der Waals surface area contributed by atoms with Gasteiger partial charge in [0.2, 0.25) is 0 Å². The highest BCUT2D eigenvalue weighted by Gasteiger charge is 2.20. The molecule has 0 aliphatic carbocycles. The van der Waals surface area contributed by atoms with Gasteiger partial charge >= 0.3 is 5.97 Å². The predicted molar refractivity (Wildman–Crippen MR) is 64.6 cm³/mol. The number of carboxylic acids is 1. The third kappa shape index (κ3) is 2.65. The van der Waals surface area contributed by atoms with Crippen LogP contribution in [0, 0.1) is 10.1 Å². The van der Waals surface area contributed by atoms with Gasteiger partial charge in [-0.25, -0.2) is 4.79 Å². The van der Waals surface area contributed by atoms with Crippen LogP contribution in [0.1, 0.15) is 28.8 Å². The number of benzene rings is 1. The molecule has 0 radical (unpaired) electrons. The fraction of sp³-hybridized carbons (Fsp3) is 0.417. The van der Waals surface area contributed by atoms with Crippen LogP contribution in [0.2, 0.25) is 0 Å². The molecular formula is C12H14N2O4. The quantitative estimate of drug-likeness (QED) is 0.651. The molecule has 0 saturated carbocycles. The van der Waals surface area contributed by atoms with Crippen LogP contribution in [-0.4, -0.2) is 34.0 Å². The summed E-state index contributed by atoms with van der Waals surface area (Å²) >= 11 is 0. The van der Waals surface area contributed by atoms with E-state index < -0.39 is 10.9 Å². The minimum Gasteiger partial charge on any atom is -0.478 e. The first kappa shape index (κ1) is 12.5. The van der Waals surface area contributed by atoms with Crippen molar-refractivity contribution in [3.8, 4) is 0 Å². The second-order valence-corrected chi connectivity index (χ2v) is 4.39. The van der Waals surface area contributed by atoms with Gasteiger partial charge in [-0.1, -0.05) is 6.07 Å². The fourth-order valence-electron chi connectivity index (χ4n) is 2.18. The van der Waals surface area contributed by atoms with Gasteiger partial charge in [0.15, 0.2) is 0 Å². The molecule has 1 N–H and O–H groups in total. The zero-order chi connectivity index (χ0) is 13.1. The molecule has 1 aliphatic heterocycles. The van der Waals surface area contributed by atoms with Crippen molar-refractivity contribution in [3.05, 3.63) is 39.4 Å². The molecular weight excluding hydrogens is 236 g/mol. The van der Waals surface area contributed by atoms with E-state index in [-0.39, 0.29) is 11.3 Å². The van der Waals surface area contributed by atoms with Crippen LogP contribution in [0.15, 0.2) is 18.2 Å². The number of carbonyl (C=O) groups is 1. The molecule has 0 atom stereocenters. The maximum absolute atomic E-state index is 11.0. The molecule has 1 fully saturated rings. The van der Waals surface area contributed by atoms with E-state index in [2.05, 4.69) is 4.90 Å². The Bertz CT molecular complexity index is 481. The van der Waals surface area contributed by atoms with Crippen LogP contribution in [-0.2, 0) is 6.54 Å².